The third-order valence-corrected chi connectivity index (χ3v) is 3.74. The minimum Gasteiger partial charge on any atom is -0.383 e. The van der Waals surface area contributed by atoms with Gasteiger partial charge in [-0.05, 0) is 24.5 Å². The predicted octanol–water partition coefficient (Wildman–Crippen LogP) is 1.27. The molecule has 0 bridgehead atoms. The van der Waals surface area contributed by atoms with Crippen LogP contribution in [-0.4, -0.2) is 49.2 Å². The molecule has 0 saturated carbocycles. The second-order valence-electron chi connectivity index (χ2n) is 5.73. The Kier molecular flexibility index (Phi) is 8.51. The van der Waals surface area contributed by atoms with E-state index in [4.69, 9.17) is 9.47 Å². The number of hydrogen-bond acceptors (Lipinski definition) is 5. The van der Waals surface area contributed by atoms with Crippen LogP contribution in [0.3, 0.4) is 0 Å². The van der Waals surface area contributed by atoms with Crippen molar-refractivity contribution in [3.63, 3.8) is 0 Å². The minimum atomic E-state index is -0.305. The molecule has 1 aromatic carbocycles. The fraction of sp³-hybridized carbons (Fsp3) is 0.421. The van der Waals surface area contributed by atoms with Crippen LogP contribution in [0.25, 0.3) is 0 Å². The molecule has 1 amide bonds. The van der Waals surface area contributed by atoms with Crippen molar-refractivity contribution in [1.82, 2.24) is 15.1 Å². The topological polar surface area (TPSA) is 82.5 Å². The van der Waals surface area contributed by atoms with Crippen LogP contribution in [0.1, 0.15) is 22.5 Å². The summed E-state index contributed by atoms with van der Waals surface area (Å²) < 4.78 is 11.7. The Morgan fingerprint density at radius 3 is 2.69 bits per heavy atom. The number of methoxy groups -OCH3 is 1. The summed E-state index contributed by atoms with van der Waals surface area (Å²) in [6.07, 6.45) is 1.59. The minimum absolute atomic E-state index is 0.214. The van der Waals surface area contributed by atoms with Gasteiger partial charge in [0.2, 0.25) is 0 Å². The van der Waals surface area contributed by atoms with Gasteiger partial charge in [0, 0.05) is 26.3 Å². The summed E-state index contributed by atoms with van der Waals surface area (Å²) in [5.41, 5.74) is 1.20. The van der Waals surface area contributed by atoms with E-state index >= 15 is 0 Å². The number of ether oxygens (including phenoxy) is 2. The van der Waals surface area contributed by atoms with E-state index in [1.165, 1.54) is 22.4 Å². The number of nitrogens with one attached hydrogen (secondary N) is 1. The van der Waals surface area contributed by atoms with Crippen LogP contribution in [0, 0.1) is 0 Å². The number of benzene rings is 1. The van der Waals surface area contributed by atoms with E-state index in [0.717, 1.165) is 6.42 Å². The van der Waals surface area contributed by atoms with E-state index in [2.05, 4.69) is 22.5 Å². The van der Waals surface area contributed by atoms with Gasteiger partial charge in [0.1, 0.15) is 5.69 Å². The SMILES string of the molecule is COCCn1nc(C(=O)NCCCOCCc2ccccc2)ccc1=O. The number of amides is 1. The van der Waals surface area contributed by atoms with Gasteiger partial charge in [-0.25, -0.2) is 4.68 Å². The van der Waals surface area contributed by atoms with Crippen molar-refractivity contribution in [3.8, 4) is 0 Å². The van der Waals surface area contributed by atoms with Crippen LogP contribution in [0.2, 0.25) is 0 Å². The maximum atomic E-state index is 12.1. The lowest BCUT2D eigenvalue weighted by Gasteiger charge is -2.08. The van der Waals surface area contributed by atoms with Crippen LogP contribution in [-0.2, 0) is 22.4 Å². The molecule has 7 nitrogen and oxygen atoms in total. The number of carbonyl (C=O) groups excluding carboxylic acids is 1. The summed E-state index contributed by atoms with van der Waals surface area (Å²) >= 11 is 0. The van der Waals surface area contributed by atoms with Gasteiger partial charge in [-0.3, -0.25) is 9.59 Å². The molecule has 0 unspecified atom stereocenters. The standard InChI is InChI=1S/C19H25N3O4/c1-25-15-12-22-18(23)9-8-17(21-22)19(24)20-11-5-13-26-14-10-16-6-3-2-4-7-16/h2-4,6-9H,5,10-15H2,1H3,(H,20,24). The van der Waals surface area contributed by atoms with E-state index in [9.17, 15) is 9.59 Å². The Bertz CT molecular complexity index is 731. The first kappa shape index (κ1) is 19.8. The molecule has 0 aliphatic heterocycles. The Balaban J connectivity index is 1.64. The van der Waals surface area contributed by atoms with Gasteiger partial charge in [0.05, 0.1) is 19.8 Å². The Morgan fingerprint density at radius 2 is 1.92 bits per heavy atom. The van der Waals surface area contributed by atoms with Crippen molar-refractivity contribution in [2.45, 2.75) is 19.4 Å². The first-order valence-corrected chi connectivity index (χ1v) is 8.67. The van der Waals surface area contributed by atoms with Gasteiger partial charge < -0.3 is 14.8 Å². The molecule has 0 saturated heterocycles. The van der Waals surface area contributed by atoms with Gasteiger partial charge in [-0.2, -0.15) is 5.10 Å². The highest BCUT2D eigenvalue weighted by Crippen LogP contribution is 1.99. The molecule has 2 aromatic rings. The normalized spacial score (nSPS) is 10.7. The van der Waals surface area contributed by atoms with E-state index in [0.29, 0.717) is 39.3 Å². The molecule has 2 rings (SSSR count). The lowest BCUT2D eigenvalue weighted by atomic mass is 10.2. The molecule has 0 atom stereocenters. The van der Waals surface area contributed by atoms with E-state index < -0.39 is 0 Å². The summed E-state index contributed by atoms with van der Waals surface area (Å²) in [6, 6.07) is 12.9. The maximum absolute atomic E-state index is 12.1. The fourth-order valence-corrected chi connectivity index (χ4v) is 2.31. The zero-order chi connectivity index (χ0) is 18.6. The van der Waals surface area contributed by atoms with Crippen molar-refractivity contribution in [3.05, 3.63) is 64.1 Å². The van der Waals surface area contributed by atoms with Crippen molar-refractivity contribution < 1.29 is 14.3 Å². The second-order valence-corrected chi connectivity index (χ2v) is 5.73. The fourth-order valence-electron chi connectivity index (χ4n) is 2.31. The van der Waals surface area contributed by atoms with Crippen LogP contribution >= 0.6 is 0 Å². The Hall–Kier alpha value is -2.51. The molecular formula is C19H25N3O4. The van der Waals surface area contributed by atoms with Crippen molar-refractivity contribution in [1.29, 1.82) is 0 Å². The van der Waals surface area contributed by atoms with Gasteiger partial charge >= 0.3 is 0 Å². The smallest absolute Gasteiger partial charge is 0.271 e. The number of nitrogens with zero attached hydrogens (tertiary/aromatic N) is 2. The Labute approximate surface area is 152 Å². The molecule has 1 aromatic heterocycles. The molecule has 0 radical (unpaired) electrons. The summed E-state index contributed by atoms with van der Waals surface area (Å²) in [5, 5.41) is 6.83. The lowest BCUT2D eigenvalue weighted by Crippen LogP contribution is -2.31. The van der Waals surface area contributed by atoms with Crippen molar-refractivity contribution >= 4 is 5.91 Å². The molecular weight excluding hydrogens is 334 g/mol. The predicted molar refractivity (Wildman–Crippen MR) is 98.3 cm³/mol. The number of aromatic nitrogens is 2. The van der Waals surface area contributed by atoms with E-state index in [-0.39, 0.29) is 17.2 Å². The molecule has 26 heavy (non-hydrogen) atoms. The maximum Gasteiger partial charge on any atom is 0.271 e. The summed E-state index contributed by atoms with van der Waals surface area (Å²) in [6.45, 7) is 2.39. The largest absolute Gasteiger partial charge is 0.383 e. The molecule has 1 heterocycles. The van der Waals surface area contributed by atoms with Crippen LogP contribution in [0.4, 0.5) is 0 Å². The van der Waals surface area contributed by atoms with Gasteiger partial charge in [-0.15, -0.1) is 0 Å². The summed E-state index contributed by atoms with van der Waals surface area (Å²) in [7, 11) is 1.55. The number of carbonyl (C=O) groups is 1. The molecule has 0 spiro atoms. The summed E-state index contributed by atoms with van der Waals surface area (Å²) in [5.74, 6) is -0.305. The van der Waals surface area contributed by atoms with E-state index in [1.54, 1.807) is 7.11 Å². The van der Waals surface area contributed by atoms with Crippen LogP contribution in [0.5, 0.6) is 0 Å². The number of rotatable bonds is 11. The molecule has 0 aliphatic carbocycles. The second kappa shape index (κ2) is 11.2. The lowest BCUT2D eigenvalue weighted by molar-refractivity contribution is 0.0933. The highest BCUT2D eigenvalue weighted by molar-refractivity contribution is 5.91. The molecule has 7 heteroatoms. The first-order valence-electron chi connectivity index (χ1n) is 8.67. The molecule has 0 aliphatic rings. The third kappa shape index (κ3) is 6.78. The average molecular weight is 359 g/mol. The van der Waals surface area contributed by atoms with Crippen molar-refractivity contribution in [2.24, 2.45) is 0 Å². The quantitative estimate of drug-likeness (QED) is 0.611. The van der Waals surface area contributed by atoms with Gasteiger partial charge in [0.25, 0.3) is 11.5 Å². The highest BCUT2D eigenvalue weighted by Gasteiger charge is 2.09. The van der Waals surface area contributed by atoms with Crippen LogP contribution in [0.15, 0.2) is 47.3 Å². The first-order chi connectivity index (χ1) is 12.7. The third-order valence-electron chi connectivity index (χ3n) is 3.74. The molecule has 1 N–H and O–H groups in total. The zero-order valence-corrected chi connectivity index (χ0v) is 15.0. The van der Waals surface area contributed by atoms with Gasteiger partial charge in [0.15, 0.2) is 0 Å². The van der Waals surface area contributed by atoms with E-state index in [1.807, 2.05) is 18.2 Å². The average Bonchev–Trinajstić information content (AvgIpc) is 2.67. The van der Waals surface area contributed by atoms with Gasteiger partial charge in [-0.1, -0.05) is 30.3 Å². The highest BCUT2D eigenvalue weighted by atomic mass is 16.5. The van der Waals surface area contributed by atoms with Crippen molar-refractivity contribution in [2.75, 3.05) is 33.5 Å². The Morgan fingerprint density at radius 1 is 1.12 bits per heavy atom. The summed E-state index contributed by atoms with van der Waals surface area (Å²) in [4.78, 5) is 23.8. The molecule has 0 fully saturated rings. The molecule has 140 valence electrons. The number of hydrogen-bond donors (Lipinski definition) is 1. The zero-order valence-electron chi connectivity index (χ0n) is 15.0. The van der Waals surface area contributed by atoms with Crippen LogP contribution < -0.4 is 10.9 Å². The monoisotopic (exact) mass is 359 g/mol.